The van der Waals surface area contributed by atoms with E-state index in [9.17, 15) is 9.59 Å². The lowest BCUT2D eigenvalue weighted by Gasteiger charge is -2.26. The van der Waals surface area contributed by atoms with E-state index in [2.05, 4.69) is 22.1 Å². The van der Waals surface area contributed by atoms with Gasteiger partial charge < -0.3 is 15.5 Å². The number of carbonyl (C=O) groups is 2. The summed E-state index contributed by atoms with van der Waals surface area (Å²) < 4.78 is 0. The van der Waals surface area contributed by atoms with Gasteiger partial charge in [-0.3, -0.25) is 9.59 Å². The Bertz CT molecular complexity index is 745. The molecule has 0 saturated carbocycles. The summed E-state index contributed by atoms with van der Waals surface area (Å²) in [5, 5.41) is 9.89. The van der Waals surface area contributed by atoms with Crippen LogP contribution < -0.4 is 15.5 Å². The van der Waals surface area contributed by atoms with Crippen molar-refractivity contribution in [2.24, 2.45) is 0 Å². The van der Waals surface area contributed by atoms with Crippen LogP contribution in [0.15, 0.2) is 41.1 Å². The van der Waals surface area contributed by atoms with Gasteiger partial charge in [0.25, 0.3) is 0 Å². The van der Waals surface area contributed by atoms with Gasteiger partial charge in [-0.15, -0.1) is 0 Å². The Morgan fingerprint density at radius 1 is 1.36 bits per heavy atom. The standard InChI is InChI=1S/C19H23N3O2S/c1-13(20-2)18(23)21-16-8-7-15-5-3-4-6-17(15)22(19(16)24)11-14-9-10-25-12-14/h3-6,9-10,12-13,16,20H,7-8,11H2,1-2H3,(H,21,23)/t13?,16-/m0/s1. The van der Waals surface area contributed by atoms with Crippen LogP contribution in [0.1, 0.15) is 24.5 Å². The number of carbonyl (C=O) groups excluding carboxylic acids is 2. The monoisotopic (exact) mass is 357 g/mol. The van der Waals surface area contributed by atoms with E-state index < -0.39 is 6.04 Å². The second kappa shape index (κ2) is 7.80. The van der Waals surface area contributed by atoms with Crippen molar-refractivity contribution in [3.63, 3.8) is 0 Å². The zero-order valence-corrected chi connectivity index (χ0v) is 15.3. The summed E-state index contributed by atoms with van der Waals surface area (Å²) >= 11 is 1.62. The summed E-state index contributed by atoms with van der Waals surface area (Å²) in [5.74, 6) is -0.199. The van der Waals surface area contributed by atoms with Crippen molar-refractivity contribution in [2.75, 3.05) is 11.9 Å². The van der Waals surface area contributed by atoms with Crippen molar-refractivity contribution in [3.05, 3.63) is 52.2 Å². The van der Waals surface area contributed by atoms with Crippen molar-refractivity contribution >= 4 is 28.8 Å². The number of nitrogens with zero attached hydrogens (tertiary/aromatic N) is 1. The molecule has 0 fully saturated rings. The average molecular weight is 357 g/mol. The summed E-state index contributed by atoms with van der Waals surface area (Å²) in [5.41, 5.74) is 3.19. The van der Waals surface area contributed by atoms with E-state index in [1.165, 1.54) is 0 Å². The van der Waals surface area contributed by atoms with Crippen LogP contribution in [0, 0.1) is 0 Å². The summed E-state index contributed by atoms with van der Waals surface area (Å²) in [4.78, 5) is 27.2. The van der Waals surface area contributed by atoms with Crippen LogP contribution in [-0.2, 0) is 22.6 Å². The molecule has 0 saturated heterocycles. The van der Waals surface area contributed by atoms with Gasteiger partial charge >= 0.3 is 0 Å². The van der Waals surface area contributed by atoms with Gasteiger partial charge in [0.2, 0.25) is 11.8 Å². The molecule has 1 aliphatic heterocycles. The summed E-state index contributed by atoms with van der Waals surface area (Å²) in [6.07, 6.45) is 1.37. The summed E-state index contributed by atoms with van der Waals surface area (Å²) in [7, 11) is 1.73. The number of amides is 2. The molecule has 0 aliphatic carbocycles. The van der Waals surface area contributed by atoms with Crippen molar-refractivity contribution in [1.29, 1.82) is 0 Å². The maximum absolute atomic E-state index is 13.2. The van der Waals surface area contributed by atoms with Crippen LogP contribution in [0.2, 0.25) is 0 Å². The van der Waals surface area contributed by atoms with Gasteiger partial charge in [0.05, 0.1) is 12.6 Å². The van der Waals surface area contributed by atoms with Gasteiger partial charge in [-0.1, -0.05) is 18.2 Å². The SMILES string of the molecule is CNC(C)C(=O)N[C@H]1CCc2ccccc2N(Cc2ccsc2)C1=O. The Hall–Kier alpha value is -2.18. The molecule has 3 rings (SSSR count). The van der Waals surface area contributed by atoms with Crippen molar-refractivity contribution in [2.45, 2.75) is 38.4 Å². The van der Waals surface area contributed by atoms with Crippen LogP contribution >= 0.6 is 11.3 Å². The number of anilines is 1. The first-order valence-corrected chi connectivity index (χ1v) is 9.42. The smallest absolute Gasteiger partial charge is 0.249 e. The zero-order chi connectivity index (χ0) is 17.8. The van der Waals surface area contributed by atoms with Crippen LogP contribution in [0.5, 0.6) is 0 Å². The molecular formula is C19H23N3O2S. The zero-order valence-electron chi connectivity index (χ0n) is 14.5. The third-order valence-corrected chi connectivity index (χ3v) is 5.34. The Morgan fingerprint density at radius 3 is 2.88 bits per heavy atom. The minimum Gasteiger partial charge on any atom is -0.343 e. The number of hydrogen-bond acceptors (Lipinski definition) is 4. The maximum atomic E-state index is 13.2. The first-order valence-electron chi connectivity index (χ1n) is 8.48. The van der Waals surface area contributed by atoms with E-state index >= 15 is 0 Å². The van der Waals surface area contributed by atoms with E-state index in [-0.39, 0.29) is 17.9 Å². The third-order valence-electron chi connectivity index (χ3n) is 4.61. The molecule has 132 valence electrons. The number of para-hydroxylation sites is 1. The Balaban J connectivity index is 1.88. The van der Waals surface area contributed by atoms with Gasteiger partial charge in [-0.25, -0.2) is 0 Å². The second-order valence-corrected chi connectivity index (χ2v) is 7.07. The highest BCUT2D eigenvalue weighted by molar-refractivity contribution is 7.07. The Kier molecular flexibility index (Phi) is 5.50. The minimum atomic E-state index is -0.505. The number of nitrogens with one attached hydrogen (secondary N) is 2. The predicted octanol–water partition coefficient (Wildman–Crippen LogP) is 2.32. The van der Waals surface area contributed by atoms with E-state index in [1.54, 1.807) is 30.2 Å². The molecule has 1 aliphatic rings. The number of thiophene rings is 1. The number of aryl methyl sites for hydroxylation is 1. The van der Waals surface area contributed by atoms with Crippen LogP contribution in [0.25, 0.3) is 0 Å². The van der Waals surface area contributed by atoms with E-state index in [1.807, 2.05) is 29.6 Å². The minimum absolute atomic E-state index is 0.0483. The third kappa shape index (κ3) is 3.91. The number of rotatable bonds is 5. The lowest BCUT2D eigenvalue weighted by molar-refractivity contribution is -0.128. The molecule has 1 aromatic carbocycles. The van der Waals surface area contributed by atoms with Crippen LogP contribution in [0.4, 0.5) is 5.69 Å². The molecule has 25 heavy (non-hydrogen) atoms. The van der Waals surface area contributed by atoms with Gasteiger partial charge in [0.15, 0.2) is 0 Å². The maximum Gasteiger partial charge on any atom is 0.249 e. The fourth-order valence-corrected chi connectivity index (χ4v) is 3.67. The first kappa shape index (κ1) is 17.6. The first-order chi connectivity index (χ1) is 12.1. The Labute approximate surface area is 152 Å². The molecule has 2 aromatic rings. The van der Waals surface area contributed by atoms with Gasteiger partial charge in [-0.2, -0.15) is 11.3 Å². The molecule has 2 N–H and O–H groups in total. The highest BCUT2D eigenvalue weighted by atomic mass is 32.1. The molecule has 1 aromatic heterocycles. The molecule has 0 radical (unpaired) electrons. The highest BCUT2D eigenvalue weighted by Gasteiger charge is 2.32. The number of fused-ring (bicyclic) bond motifs is 1. The van der Waals surface area contributed by atoms with Crippen molar-refractivity contribution in [3.8, 4) is 0 Å². The number of benzene rings is 1. The molecule has 1 unspecified atom stereocenters. The average Bonchev–Trinajstić information content (AvgIpc) is 3.11. The molecule has 2 atom stereocenters. The summed E-state index contributed by atoms with van der Waals surface area (Å²) in [6, 6.07) is 9.19. The van der Waals surface area contributed by atoms with E-state index in [0.29, 0.717) is 13.0 Å². The molecule has 6 heteroatoms. The largest absolute Gasteiger partial charge is 0.343 e. The normalized spacial score (nSPS) is 18.4. The fourth-order valence-electron chi connectivity index (χ4n) is 3.01. The summed E-state index contributed by atoms with van der Waals surface area (Å²) in [6.45, 7) is 2.31. The van der Waals surface area contributed by atoms with Crippen LogP contribution in [0.3, 0.4) is 0 Å². The van der Waals surface area contributed by atoms with E-state index in [4.69, 9.17) is 0 Å². The number of hydrogen-bond donors (Lipinski definition) is 2. The lowest BCUT2D eigenvalue weighted by atomic mass is 10.1. The molecule has 0 bridgehead atoms. The lowest BCUT2D eigenvalue weighted by Crippen LogP contribution is -2.52. The second-order valence-electron chi connectivity index (χ2n) is 6.29. The van der Waals surface area contributed by atoms with Gasteiger partial charge in [0.1, 0.15) is 6.04 Å². The molecule has 2 heterocycles. The van der Waals surface area contributed by atoms with Crippen molar-refractivity contribution < 1.29 is 9.59 Å². The predicted molar refractivity (Wildman–Crippen MR) is 101 cm³/mol. The van der Waals surface area contributed by atoms with Gasteiger partial charge in [-0.05, 0) is 60.8 Å². The fraction of sp³-hybridized carbons (Fsp3) is 0.368. The van der Waals surface area contributed by atoms with Crippen molar-refractivity contribution in [1.82, 2.24) is 10.6 Å². The molecule has 2 amide bonds. The molecule has 0 spiro atoms. The molecule has 5 nitrogen and oxygen atoms in total. The van der Waals surface area contributed by atoms with Gasteiger partial charge in [0, 0.05) is 5.69 Å². The highest BCUT2D eigenvalue weighted by Crippen LogP contribution is 2.29. The quantitative estimate of drug-likeness (QED) is 0.863. The topological polar surface area (TPSA) is 61.4 Å². The number of likely N-dealkylation sites (N-methyl/N-ethyl adjacent to an activating group) is 1. The van der Waals surface area contributed by atoms with E-state index in [0.717, 1.165) is 23.2 Å². The molecular weight excluding hydrogens is 334 g/mol. The Morgan fingerprint density at radius 2 is 2.16 bits per heavy atom. The van der Waals surface area contributed by atoms with Crippen LogP contribution in [-0.4, -0.2) is 30.9 Å².